The highest BCUT2D eigenvalue weighted by atomic mass is 32.2. The zero-order valence-electron chi connectivity index (χ0n) is 18.5. The lowest BCUT2D eigenvalue weighted by molar-refractivity contribution is -0.121. The summed E-state index contributed by atoms with van der Waals surface area (Å²) in [6.45, 7) is 3.85. The summed E-state index contributed by atoms with van der Waals surface area (Å²) in [5, 5.41) is 9.18. The number of hydrogen-bond acceptors (Lipinski definition) is 4. The van der Waals surface area contributed by atoms with Gasteiger partial charge in [0.05, 0.1) is 22.8 Å². The maximum absolute atomic E-state index is 12.6. The Labute approximate surface area is 193 Å². The van der Waals surface area contributed by atoms with Crippen molar-refractivity contribution in [3.8, 4) is 5.69 Å². The SMILES string of the molecule is Cc1c(C(C)NC(=O)CCNS(=O)(=O)c2ccc3ccccc3c2)cnn1-c1ccccc1. The molecule has 0 saturated heterocycles. The number of carbonyl (C=O) groups excluding carboxylic acids is 1. The van der Waals surface area contributed by atoms with Crippen molar-refractivity contribution >= 4 is 26.7 Å². The summed E-state index contributed by atoms with van der Waals surface area (Å²) in [5.41, 5.74) is 2.79. The third-order valence-electron chi connectivity index (χ3n) is 5.57. The van der Waals surface area contributed by atoms with Gasteiger partial charge in [-0.05, 0) is 48.9 Å². The molecule has 0 aliphatic rings. The van der Waals surface area contributed by atoms with Gasteiger partial charge in [0.25, 0.3) is 0 Å². The molecule has 0 aliphatic heterocycles. The average molecular weight is 463 g/mol. The summed E-state index contributed by atoms with van der Waals surface area (Å²) in [6, 6.07) is 22.0. The molecule has 8 heteroatoms. The summed E-state index contributed by atoms with van der Waals surface area (Å²) in [6.07, 6.45) is 1.78. The zero-order chi connectivity index (χ0) is 23.4. The molecule has 0 saturated carbocycles. The Kier molecular flexibility index (Phi) is 6.57. The van der Waals surface area contributed by atoms with Crippen LogP contribution in [0.1, 0.15) is 30.6 Å². The number of amides is 1. The van der Waals surface area contributed by atoms with Crippen molar-refractivity contribution in [1.82, 2.24) is 19.8 Å². The van der Waals surface area contributed by atoms with Gasteiger partial charge in [-0.15, -0.1) is 0 Å². The molecular formula is C25H26N4O3S. The van der Waals surface area contributed by atoms with Crippen molar-refractivity contribution in [3.05, 3.63) is 90.3 Å². The Bertz CT molecular complexity index is 1380. The molecule has 33 heavy (non-hydrogen) atoms. The van der Waals surface area contributed by atoms with Crippen molar-refractivity contribution in [2.75, 3.05) is 6.54 Å². The van der Waals surface area contributed by atoms with Crippen molar-refractivity contribution in [2.24, 2.45) is 0 Å². The quantitative estimate of drug-likeness (QED) is 0.416. The monoisotopic (exact) mass is 462 g/mol. The molecule has 0 radical (unpaired) electrons. The average Bonchev–Trinajstić information content (AvgIpc) is 3.20. The van der Waals surface area contributed by atoms with Crippen LogP contribution in [0.4, 0.5) is 0 Å². The van der Waals surface area contributed by atoms with Gasteiger partial charge < -0.3 is 5.32 Å². The smallest absolute Gasteiger partial charge is 0.240 e. The molecule has 170 valence electrons. The third kappa shape index (κ3) is 5.13. The maximum atomic E-state index is 12.6. The standard InChI is InChI=1S/C25H26N4O3S/c1-18(24-17-26-29(19(24)2)22-10-4-3-5-11-22)28-25(30)14-15-27-33(31,32)23-13-12-20-8-6-7-9-21(20)16-23/h3-13,16-18,27H,14-15H2,1-2H3,(H,28,30). The molecule has 0 spiro atoms. The van der Waals surface area contributed by atoms with E-state index < -0.39 is 10.0 Å². The van der Waals surface area contributed by atoms with Crippen molar-refractivity contribution in [1.29, 1.82) is 0 Å². The van der Waals surface area contributed by atoms with Crippen LogP contribution >= 0.6 is 0 Å². The van der Waals surface area contributed by atoms with Crippen molar-refractivity contribution in [2.45, 2.75) is 31.2 Å². The number of hydrogen-bond donors (Lipinski definition) is 2. The van der Waals surface area contributed by atoms with Gasteiger partial charge in [-0.1, -0.05) is 48.5 Å². The van der Waals surface area contributed by atoms with Crippen molar-refractivity contribution in [3.63, 3.8) is 0 Å². The molecule has 4 rings (SSSR count). The summed E-state index contributed by atoms with van der Waals surface area (Å²) < 4.78 is 29.6. The number of rotatable bonds is 8. The molecule has 4 aromatic rings. The highest BCUT2D eigenvalue weighted by Gasteiger charge is 2.18. The first-order valence-corrected chi connectivity index (χ1v) is 12.2. The van der Waals surface area contributed by atoms with E-state index in [1.807, 2.05) is 73.1 Å². The van der Waals surface area contributed by atoms with E-state index in [0.29, 0.717) is 0 Å². The Morgan fingerprint density at radius 1 is 1.00 bits per heavy atom. The fraction of sp³-hybridized carbons (Fsp3) is 0.200. The minimum Gasteiger partial charge on any atom is -0.349 e. The molecule has 0 aliphatic carbocycles. The van der Waals surface area contributed by atoms with Gasteiger partial charge in [0.2, 0.25) is 15.9 Å². The highest BCUT2D eigenvalue weighted by molar-refractivity contribution is 7.89. The third-order valence-corrected chi connectivity index (χ3v) is 7.03. The van der Waals surface area contributed by atoms with Crippen LogP contribution in [0.2, 0.25) is 0 Å². The molecule has 1 aromatic heterocycles. The lowest BCUT2D eigenvalue weighted by atomic mass is 10.1. The van der Waals surface area contributed by atoms with Crippen LogP contribution in [0.3, 0.4) is 0 Å². The minimum absolute atomic E-state index is 0.00989. The van der Waals surface area contributed by atoms with E-state index in [4.69, 9.17) is 0 Å². The summed E-state index contributed by atoms with van der Waals surface area (Å²) in [4.78, 5) is 12.6. The highest BCUT2D eigenvalue weighted by Crippen LogP contribution is 2.21. The number of para-hydroxylation sites is 1. The predicted octanol–water partition coefficient (Wildman–Crippen LogP) is 3.88. The molecule has 1 heterocycles. The van der Waals surface area contributed by atoms with E-state index in [2.05, 4.69) is 15.1 Å². The number of carbonyl (C=O) groups is 1. The van der Waals surface area contributed by atoms with Gasteiger partial charge in [0, 0.05) is 24.2 Å². The van der Waals surface area contributed by atoms with E-state index in [0.717, 1.165) is 27.7 Å². The number of nitrogens with zero attached hydrogens (tertiary/aromatic N) is 2. The van der Waals surface area contributed by atoms with Gasteiger partial charge in [0.1, 0.15) is 0 Å². The molecule has 1 atom stereocenters. The van der Waals surface area contributed by atoms with E-state index in [-0.39, 0.29) is 29.8 Å². The van der Waals surface area contributed by atoms with Crippen LogP contribution in [0.5, 0.6) is 0 Å². The summed E-state index contributed by atoms with van der Waals surface area (Å²) >= 11 is 0. The lowest BCUT2D eigenvalue weighted by Crippen LogP contribution is -2.32. The van der Waals surface area contributed by atoms with Gasteiger partial charge in [-0.3, -0.25) is 4.79 Å². The molecule has 3 aromatic carbocycles. The van der Waals surface area contributed by atoms with E-state index in [1.54, 1.807) is 24.4 Å². The fourth-order valence-corrected chi connectivity index (χ4v) is 4.85. The Balaban J connectivity index is 1.34. The van der Waals surface area contributed by atoms with E-state index in [1.165, 1.54) is 0 Å². The summed E-state index contributed by atoms with van der Waals surface area (Å²) in [5.74, 6) is -0.240. The Morgan fingerprint density at radius 2 is 1.70 bits per heavy atom. The van der Waals surface area contributed by atoms with E-state index in [9.17, 15) is 13.2 Å². The first-order chi connectivity index (χ1) is 15.8. The number of sulfonamides is 1. The maximum Gasteiger partial charge on any atom is 0.240 e. The molecule has 0 fully saturated rings. The Hall–Kier alpha value is -3.49. The van der Waals surface area contributed by atoms with Gasteiger partial charge in [-0.2, -0.15) is 5.10 Å². The van der Waals surface area contributed by atoms with Crippen LogP contribution in [-0.4, -0.2) is 30.7 Å². The van der Waals surface area contributed by atoms with Crippen LogP contribution in [-0.2, 0) is 14.8 Å². The van der Waals surface area contributed by atoms with Crippen LogP contribution in [0, 0.1) is 6.92 Å². The number of benzene rings is 3. The van der Waals surface area contributed by atoms with Crippen molar-refractivity contribution < 1.29 is 13.2 Å². The van der Waals surface area contributed by atoms with Gasteiger partial charge in [0.15, 0.2) is 0 Å². The lowest BCUT2D eigenvalue weighted by Gasteiger charge is -2.14. The van der Waals surface area contributed by atoms with Gasteiger partial charge >= 0.3 is 0 Å². The first-order valence-electron chi connectivity index (χ1n) is 10.7. The molecule has 0 bridgehead atoms. The van der Waals surface area contributed by atoms with E-state index >= 15 is 0 Å². The van der Waals surface area contributed by atoms with Gasteiger partial charge in [-0.25, -0.2) is 17.8 Å². The molecule has 1 unspecified atom stereocenters. The summed E-state index contributed by atoms with van der Waals surface area (Å²) in [7, 11) is -3.71. The number of fused-ring (bicyclic) bond motifs is 1. The zero-order valence-corrected chi connectivity index (χ0v) is 19.3. The van der Waals surface area contributed by atoms with Crippen LogP contribution in [0.15, 0.2) is 83.9 Å². The first kappa shape index (κ1) is 22.7. The molecule has 2 N–H and O–H groups in total. The molecular weight excluding hydrogens is 436 g/mol. The van der Waals surface area contributed by atoms with Crippen LogP contribution in [0.25, 0.3) is 16.5 Å². The number of nitrogens with one attached hydrogen (secondary N) is 2. The topological polar surface area (TPSA) is 93.1 Å². The normalized spacial score (nSPS) is 12.5. The Morgan fingerprint density at radius 3 is 2.45 bits per heavy atom. The molecule has 1 amide bonds. The largest absolute Gasteiger partial charge is 0.349 e. The minimum atomic E-state index is -3.71. The second kappa shape index (κ2) is 9.56. The predicted molar refractivity (Wildman–Crippen MR) is 129 cm³/mol. The fourth-order valence-electron chi connectivity index (χ4n) is 3.79. The molecule has 7 nitrogen and oxygen atoms in total. The number of aromatic nitrogens is 2. The second-order valence-corrected chi connectivity index (χ2v) is 9.65. The van der Waals surface area contributed by atoms with Crippen LogP contribution < -0.4 is 10.0 Å². The second-order valence-electron chi connectivity index (χ2n) is 7.88.